The molecule has 0 spiro atoms. The van der Waals surface area contributed by atoms with Crippen molar-refractivity contribution in [1.29, 1.82) is 0 Å². The molecule has 0 fully saturated rings. The van der Waals surface area contributed by atoms with E-state index in [1.807, 2.05) is 22.7 Å². The van der Waals surface area contributed by atoms with E-state index in [1.54, 1.807) is 0 Å². The van der Waals surface area contributed by atoms with Gasteiger partial charge in [-0.3, -0.25) is 0 Å². The Labute approximate surface area is 276 Å². The van der Waals surface area contributed by atoms with E-state index in [9.17, 15) is 0 Å². The van der Waals surface area contributed by atoms with Crippen molar-refractivity contribution in [2.45, 2.75) is 13.8 Å². The van der Waals surface area contributed by atoms with Gasteiger partial charge in [-0.1, -0.05) is 145 Å². The molecule has 0 saturated carbocycles. The van der Waals surface area contributed by atoms with Crippen LogP contribution in [0.25, 0.3) is 84.9 Å². The van der Waals surface area contributed by atoms with Crippen molar-refractivity contribution >= 4 is 63.0 Å². The third-order valence-corrected chi connectivity index (χ3v) is 11.8. The minimum absolute atomic E-state index is 1.25. The second kappa shape index (κ2) is 10.8. The fourth-order valence-corrected chi connectivity index (χ4v) is 9.25. The quantitative estimate of drug-likeness (QED) is 0.183. The summed E-state index contributed by atoms with van der Waals surface area (Å²) in [5.74, 6) is 0. The van der Waals surface area contributed by atoms with Crippen LogP contribution in [0, 0.1) is 13.8 Å². The highest BCUT2D eigenvalue weighted by Crippen LogP contribution is 2.45. The zero-order valence-electron chi connectivity index (χ0n) is 25.7. The predicted molar refractivity (Wildman–Crippen MR) is 203 cm³/mol. The number of aryl methyl sites for hydroxylation is 2. The summed E-state index contributed by atoms with van der Waals surface area (Å²) in [7, 11) is 0. The third-order valence-electron chi connectivity index (χ3n) is 9.29. The Bertz CT molecular complexity index is 2360. The predicted octanol–water partition coefficient (Wildman–Crippen LogP) is 13.7. The Morgan fingerprint density at radius 1 is 0.283 bits per heavy atom. The van der Waals surface area contributed by atoms with Crippen molar-refractivity contribution in [1.82, 2.24) is 0 Å². The Morgan fingerprint density at radius 2 is 0.543 bits per heavy atom. The standard InChI is InChI=1S/C44H30S2/c1-27-3-7-29(8-4-27)31-11-15-33(16-12-31)35-19-21-37-39-23-24-40-38-22-20-36(26-42(38)46-44(40)43(39)45-41(37)25-35)34-17-13-32(14-18-34)30-9-5-28(2)6-10-30/h3-26H,1-2H3. The van der Waals surface area contributed by atoms with Crippen molar-refractivity contribution in [2.75, 3.05) is 0 Å². The van der Waals surface area contributed by atoms with Gasteiger partial charge in [-0.15, -0.1) is 22.7 Å². The molecule has 2 aromatic heterocycles. The molecule has 0 saturated heterocycles. The van der Waals surface area contributed by atoms with Gasteiger partial charge < -0.3 is 0 Å². The summed E-state index contributed by atoms with van der Waals surface area (Å²) in [6.45, 7) is 4.26. The molecule has 2 heteroatoms. The first-order valence-corrected chi connectivity index (χ1v) is 17.4. The van der Waals surface area contributed by atoms with Crippen LogP contribution >= 0.6 is 22.7 Å². The van der Waals surface area contributed by atoms with Crippen LogP contribution in [-0.2, 0) is 0 Å². The average Bonchev–Trinajstić information content (AvgIpc) is 3.67. The Kier molecular flexibility index (Phi) is 6.41. The van der Waals surface area contributed by atoms with Crippen LogP contribution in [0.4, 0.5) is 0 Å². The first kappa shape index (κ1) is 27.3. The van der Waals surface area contributed by atoms with Crippen LogP contribution in [0.3, 0.4) is 0 Å². The van der Waals surface area contributed by atoms with Gasteiger partial charge in [-0.25, -0.2) is 0 Å². The Balaban J connectivity index is 1.07. The molecule has 0 aliphatic carbocycles. The summed E-state index contributed by atoms with van der Waals surface area (Å²) < 4.78 is 5.47. The summed E-state index contributed by atoms with van der Waals surface area (Å²) in [6, 6.07) is 54.1. The molecule has 0 radical (unpaired) electrons. The largest absolute Gasteiger partial charge is 0.134 e. The van der Waals surface area contributed by atoms with Gasteiger partial charge in [0.2, 0.25) is 0 Å². The Morgan fingerprint density at radius 3 is 0.891 bits per heavy atom. The van der Waals surface area contributed by atoms with Crippen LogP contribution in [0.15, 0.2) is 146 Å². The van der Waals surface area contributed by atoms with Crippen molar-refractivity contribution < 1.29 is 0 Å². The number of fused-ring (bicyclic) bond motifs is 7. The Hall–Kier alpha value is -5.02. The normalized spacial score (nSPS) is 11.7. The lowest BCUT2D eigenvalue weighted by atomic mass is 9.98. The van der Waals surface area contributed by atoms with Gasteiger partial charge in [0, 0.05) is 30.9 Å². The van der Waals surface area contributed by atoms with E-state index in [1.165, 1.54) is 96.0 Å². The van der Waals surface area contributed by atoms with Crippen LogP contribution in [-0.4, -0.2) is 0 Å². The van der Waals surface area contributed by atoms with E-state index in [-0.39, 0.29) is 0 Å². The van der Waals surface area contributed by atoms with Gasteiger partial charge in [-0.05, 0) is 70.5 Å². The fourth-order valence-electron chi connectivity index (χ4n) is 6.63. The van der Waals surface area contributed by atoms with Crippen molar-refractivity contribution in [2.24, 2.45) is 0 Å². The first-order valence-electron chi connectivity index (χ1n) is 15.7. The molecular formula is C44H30S2. The minimum Gasteiger partial charge on any atom is -0.134 e. The zero-order chi connectivity index (χ0) is 30.8. The van der Waals surface area contributed by atoms with E-state index < -0.39 is 0 Å². The molecule has 7 aromatic carbocycles. The SMILES string of the molecule is Cc1ccc(-c2ccc(-c3ccc4c(c3)sc3c4ccc4c5ccc(-c6ccc(-c7ccc(C)cc7)cc6)cc5sc43)cc2)cc1. The van der Waals surface area contributed by atoms with Gasteiger partial charge in [0.05, 0.1) is 9.40 Å². The molecule has 0 amide bonds. The van der Waals surface area contributed by atoms with Gasteiger partial charge >= 0.3 is 0 Å². The molecule has 2 heterocycles. The smallest absolute Gasteiger partial charge is 0.0534 e. The molecule has 0 aliphatic rings. The zero-order valence-corrected chi connectivity index (χ0v) is 27.3. The van der Waals surface area contributed by atoms with Gasteiger partial charge in [0.15, 0.2) is 0 Å². The number of hydrogen-bond donors (Lipinski definition) is 0. The molecule has 9 aromatic rings. The second-order valence-corrected chi connectivity index (χ2v) is 14.4. The molecule has 0 bridgehead atoms. The summed E-state index contributed by atoms with van der Waals surface area (Å²) in [5.41, 5.74) is 12.6. The lowest BCUT2D eigenvalue weighted by molar-refractivity contribution is 1.47. The molecule has 46 heavy (non-hydrogen) atoms. The molecule has 0 aliphatic heterocycles. The van der Waals surface area contributed by atoms with E-state index in [2.05, 4.69) is 159 Å². The van der Waals surface area contributed by atoms with Gasteiger partial charge in [0.1, 0.15) is 0 Å². The highest BCUT2D eigenvalue weighted by atomic mass is 32.1. The maximum atomic E-state index is 2.37. The van der Waals surface area contributed by atoms with Crippen LogP contribution in [0.1, 0.15) is 11.1 Å². The lowest BCUT2D eigenvalue weighted by Crippen LogP contribution is -1.81. The second-order valence-electron chi connectivity index (χ2n) is 12.3. The summed E-state index contributed by atoms with van der Waals surface area (Å²) in [5, 5.41) is 5.39. The molecule has 0 atom stereocenters. The molecule has 218 valence electrons. The van der Waals surface area contributed by atoms with E-state index in [4.69, 9.17) is 0 Å². The van der Waals surface area contributed by atoms with E-state index in [0.717, 1.165) is 0 Å². The summed E-state index contributed by atoms with van der Waals surface area (Å²) in [4.78, 5) is 0. The summed E-state index contributed by atoms with van der Waals surface area (Å²) >= 11 is 3.86. The fraction of sp³-hybridized carbons (Fsp3) is 0.0455. The molecule has 0 nitrogen and oxygen atoms in total. The first-order chi connectivity index (χ1) is 22.6. The molecule has 9 rings (SSSR count). The van der Waals surface area contributed by atoms with Crippen LogP contribution < -0.4 is 0 Å². The van der Waals surface area contributed by atoms with Crippen LogP contribution in [0.5, 0.6) is 0 Å². The van der Waals surface area contributed by atoms with Crippen molar-refractivity contribution in [3.8, 4) is 44.5 Å². The maximum Gasteiger partial charge on any atom is 0.0534 e. The molecule has 0 N–H and O–H groups in total. The number of hydrogen-bond acceptors (Lipinski definition) is 2. The minimum atomic E-state index is 1.25. The number of rotatable bonds is 4. The van der Waals surface area contributed by atoms with E-state index in [0.29, 0.717) is 0 Å². The van der Waals surface area contributed by atoms with Gasteiger partial charge in [-0.2, -0.15) is 0 Å². The average molecular weight is 623 g/mol. The van der Waals surface area contributed by atoms with Gasteiger partial charge in [0.25, 0.3) is 0 Å². The monoisotopic (exact) mass is 622 g/mol. The highest BCUT2D eigenvalue weighted by molar-refractivity contribution is 7.33. The van der Waals surface area contributed by atoms with Crippen LogP contribution in [0.2, 0.25) is 0 Å². The third kappa shape index (κ3) is 4.65. The van der Waals surface area contributed by atoms with Crippen molar-refractivity contribution in [3.05, 3.63) is 157 Å². The maximum absolute atomic E-state index is 2.37. The highest BCUT2D eigenvalue weighted by Gasteiger charge is 2.14. The number of thiophene rings is 2. The molecule has 0 unspecified atom stereocenters. The van der Waals surface area contributed by atoms with E-state index >= 15 is 0 Å². The van der Waals surface area contributed by atoms with Crippen molar-refractivity contribution in [3.63, 3.8) is 0 Å². The number of benzene rings is 7. The molecular weight excluding hydrogens is 593 g/mol. The topological polar surface area (TPSA) is 0 Å². The lowest BCUT2D eigenvalue weighted by Gasteiger charge is -2.06. The summed E-state index contributed by atoms with van der Waals surface area (Å²) in [6.07, 6.45) is 0.